The topological polar surface area (TPSA) is 61.5 Å². The van der Waals surface area contributed by atoms with Crippen molar-refractivity contribution in [3.63, 3.8) is 0 Å². The average Bonchev–Trinajstić information content (AvgIpc) is 2.40. The first-order valence-electron chi connectivity index (χ1n) is 6.08. The Morgan fingerprint density at radius 3 is 2.83 bits per heavy atom. The monoisotopic (exact) mass is 269 g/mol. The maximum absolute atomic E-state index is 12.3. The zero-order valence-electron chi connectivity index (χ0n) is 10.6. The van der Waals surface area contributed by atoms with Crippen LogP contribution in [0.4, 0.5) is 5.69 Å². The first-order chi connectivity index (χ1) is 8.70. The van der Waals surface area contributed by atoms with Gasteiger partial charge in [-0.2, -0.15) is 0 Å². The Balaban J connectivity index is 2.07. The Hall–Kier alpha value is -1.07. The van der Waals surface area contributed by atoms with E-state index in [9.17, 15) is 4.21 Å². The molecule has 1 aromatic carbocycles. The van der Waals surface area contributed by atoms with E-state index in [1.165, 1.54) is 0 Å². The van der Waals surface area contributed by atoms with Gasteiger partial charge in [-0.25, -0.2) is 0 Å². The highest BCUT2D eigenvalue weighted by molar-refractivity contribution is 7.84. The van der Waals surface area contributed by atoms with E-state index in [2.05, 4.69) is 0 Å². The summed E-state index contributed by atoms with van der Waals surface area (Å²) in [6.07, 6.45) is 1.74. The molecule has 2 rings (SSSR count). The molecule has 0 saturated carbocycles. The van der Waals surface area contributed by atoms with E-state index >= 15 is 0 Å². The fourth-order valence-electron chi connectivity index (χ4n) is 2.12. The summed E-state index contributed by atoms with van der Waals surface area (Å²) in [7, 11) is 0.724. The largest absolute Gasteiger partial charge is 0.496 e. The van der Waals surface area contributed by atoms with Crippen molar-refractivity contribution in [2.75, 3.05) is 26.1 Å². The van der Waals surface area contributed by atoms with Gasteiger partial charge in [0.25, 0.3) is 0 Å². The molecule has 1 aromatic rings. The number of rotatable bonds is 4. The van der Waals surface area contributed by atoms with Gasteiger partial charge in [-0.15, -0.1) is 0 Å². The first-order valence-corrected chi connectivity index (χ1v) is 7.46. The lowest BCUT2D eigenvalue weighted by molar-refractivity contribution is 0.0992. The fraction of sp³-hybridized carbons (Fsp3) is 0.538. The van der Waals surface area contributed by atoms with E-state index in [-0.39, 0.29) is 5.25 Å². The van der Waals surface area contributed by atoms with Gasteiger partial charge in [0.05, 0.1) is 12.9 Å². The lowest BCUT2D eigenvalue weighted by Crippen LogP contribution is -2.25. The number of nitrogen functional groups attached to an aromatic ring is 1. The van der Waals surface area contributed by atoms with Crippen molar-refractivity contribution >= 4 is 16.5 Å². The average molecular weight is 269 g/mol. The van der Waals surface area contributed by atoms with Gasteiger partial charge in [-0.3, -0.25) is 4.21 Å². The molecule has 1 aliphatic heterocycles. The summed E-state index contributed by atoms with van der Waals surface area (Å²) < 4.78 is 22.9. The van der Waals surface area contributed by atoms with Crippen molar-refractivity contribution < 1.29 is 13.7 Å². The molecular weight excluding hydrogens is 250 g/mol. The van der Waals surface area contributed by atoms with Crippen LogP contribution in [0.5, 0.6) is 5.75 Å². The van der Waals surface area contributed by atoms with Crippen LogP contribution in [-0.2, 0) is 21.3 Å². The van der Waals surface area contributed by atoms with Crippen LogP contribution in [0.1, 0.15) is 18.4 Å². The number of hydrogen-bond donors (Lipinski definition) is 1. The summed E-state index contributed by atoms with van der Waals surface area (Å²) in [5.41, 5.74) is 7.36. The molecule has 0 radical (unpaired) electrons. The van der Waals surface area contributed by atoms with Gasteiger partial charge in [0.15, 0.2) is 0 Å². The number of benzene rings is 1. The number of hydrogen-bond acceptors (Lipinski definition) is 4. The van der Waals surface area contributed by atoms with Crippen LogP contribution in [0.15, 0.2) is 18.2 Å². The van der Waals surface area contributed by atoms with E-state index in [4.69, 9.17) is 15.2 Å². The van der Waals surface area contributed by atoms with Crippen LogP contribution in [0.3, 0.4) is 0 Å². The highest BCUT2D eigenvalue weighted by Gasteiger charge is 2.21. The van der Waals surface area contributed by atoms with Crippen LogP contribution in [0.2, 0.25) is 0 Å². The van der Waals surface area contributed by atoms with Gasteiger partial charge in [0.2, 0.25) is 0 Å². The molecule has 1 aliphatic rings. The molecule has 5 heteroatoms. The van der Waals surface area contributed by atoms with Crippen LogP contribution in [-0.4, -0.2) is 29.8 Å². The second-order valence-corrected chi connectivity index (χ2v) is 6.12. The SMILES string of the molecule is COc1ccc(N)cc1CS(=O)C1CCOCC1. The molecule has 1 fully saturated rings. The third kappa shape index (κ3) is 3.23. The Morgan fingerprint density at radius 1 is 1.44 bits per heavy atom. The summed E-state index contributed by atoms with van der Waals surface area (Å²) in [4.78, 5) is 0. The fourth-order valence-corrected chi connectivity index (χ4v) is 3.61. The van der Waals surface area contributed by atoms with Gasteiger partial charge >= 0.3 is 0 Å². The van der Waals surface area contributed by atoms with Crippen molar-refractivity contribution in [2.24, 2.45) is 0 Å². The number of methoxy groups -OCH3 is 1. The molecule has 4 nitrogen and oxygen atoms in total. The Labute approximate surface area is 110 Å². The van der Waals surface area contributed by atoms with Crippen molar-refractivity contribution in [1.82, 2.24) is 0 Å². The summed E-state index contributed by atoms with van der Waals surface area (Å²) >= 11 is 0. The molecule has 1 atom stereocenters. The zero-order valence-corrected chi connectivity index (χ0v) is 11.4. The molecule has 0 bridgehead atoms. The van der Waals surface area contributed by atoms with Crippen LogP contribution in [0, 0.1) is 0 Å². The predicted octanol–water partition coefficient (Wildman–Crippen LogP) is 1.71. The quantitative estimate of drug-likeness (QED) is 0.845. The standard InChI is InChI=1S/C13H19NO3S/c1-16-13-3-2-11(14)8-10(13)9-18(15)12-4-6-17-7-5-12/h2-3,8,12H,4-7,9,14H2,1H3. The number of ether oxygens (including phenoxy) is 2. The molecule has 0 aliphatic carbocycles. The summed E-state index contributed by atoms with van der Waals surface area (Å²) in [6.45, 7) is 1.43. The summed E-state index contributed by atoms with van der Waals surface area (Å²) in [5, 5.41) is 0.227. The van der Waals surface area contributed by atoms with Crippen molar-refractivity contribution in [3.05, 3.63) is 23.8 Å². The zero-order chi connectivity index (χ0) is 13.0. The molecule has 0 spiro atoms. The van der Waals surface area contributed by atoms with Gasteiger partial charge in [-0.05, 0) is 31.0 Å². The lowest BCUT2D eigenvalue weighted by Gasteiger charge is -2.21. The smallest absolute Gasteiger partial charge is 0.123 e. The highest BCUT2D eigenvalue weighted by atomic mass is 32.2. The van der Waals surface area contributed by atoms with Crippen LogP contribution < -0.4 is 10.5 Å². The number of nitrogens with two attached hydrogens (primary N) is 1. The van der Waals surface area contributed by atoms with Gasteiger partial charge in [-0.1, -0.05) is 0 Å². The van der Waals surface area contributed by atoms with Crippen LogP contribution in [0.25, 0.3) is 0 Å². The Morgan fingerprint density at radius 2 is 2.17 bits per heavy atom. The second-order valence-electron chi connectivity index (χ2n) is 4.41. The minimum Gasteiger partial charge on any atom is -0.496 e. The highest BCUT2D eigenvalue weighted by Crippen LogP contribution is 2.25. The molecule has 1 unspecified atom stereocenters. The predicted molar refractivity (Wildman–Crippen MR) is 73.1 cm³/mol. The molecule has 100 valence electrons. The Kier molecular flexibility index (Phi) is 4.60. The van der Waals surface area contributed by atoms with Crippen molar-refractivity contribution in [3.8, 4) is 5.75 Å². The molecule has 1 heterocycles. The van der Waals surface area contributed by atoms with Gasteiger partial charge < -0.3 is 15.2 Å². The summed E-state index contributed by atoms with van der Waals surface area (Å²) in [6, 6.07) is 5.46. The van der Waals surface area contributed by atoms with E-state index < -0.39 is 10.8 Å². The van der Waals surface area contributed by atoms with E-state index in [1.54, 1.807) is 13.2 Å². The minimum absolute atomic E-state index is 0.227. The molecule has 0 amide bonds. The van der Waals surface area contributed by atoms with Crippen LogP contribution >= 0.6 is 0 Å². The van der Waals surface area contributed by atoms with Crippen molar-refractivity contribution in [2.45, 2.75) is 23.8 Å². The van der Waals surface area contributed by atoms with Gasteiger partial charge in [0.1, 0.15) is 5.75 Å². The second kappa shape index (κ2) is 6.20. The van der Waals surface area contributed by atoms with E-state index in [0.29, 0.717) is 24.7 Å². The Bertz CT molecular complexity index is 430. The maximum Gasteiger partial charge on any atom is 0.123 e. The van der Waals surface area contributed by atoms with Gasteiger partial charge in [0, 0.05) is 40.5 Å². The molecule has 0 aromatic heterocycles. The van der Waals surface area contributed by atoms with E-state index in [0.717, 1.165) is 24.2 Å². The third-order valence-corrected chi connectivity index (χ3v) is 4.95. The molecule has 2 N–H and O–H groups in total. The summed E-state index contributed by atoms with van der Waals surface area (Å²) in [5.74, 6) is 1.25. The molecular formula is C13H19NO3S. The van der Waals surface area contributed by atoms with E-state index in [1.807, 2.05) is 12.1 Å². The van der Waals surface area contributed by atoms with Crippen molar-refractivity contribution in [1.29, 1.82) is 0 Å². The first kappa shape index (κ1) is 13.4. The normalized spacial score (nSPS) is 18.5. The third-order valence-electron chi connectivity index (χ3n) is 3.14. The number of anilines is 1. The lowest BCUT2D eigenvalue weighted by atomic mass is 10.2. The molecule has 1 saturated heterocycles. The minimum atomic E-state index is -0.893. The molecule has 18 heavy (non-hydrogen) atoms. The maximum atomic E-state index is 12.3.